The van der Waals surface area contributed by atoms with E-state index in [1.165, 1.54) is 133 Å². The molecule has 0 spiro atoms. The lowest BCUT2D eigenvalue weighted by molar-refractivity contribution is 0.447. The number of benzene rings is 18. The van der Waals surface area contributed by atoms with Crippen molar-refractivity contribution in [3.63, 3.8) is 0 Å². The van der Waals surface area contributed by atoms with Gasteiger partial charge in [0.2, 0.25) is 29.5 Å². The molecule has 0 atom stereocenters. The molecular formula is C108H66F12O7S10+6. The molecule has 0 N–H and O–H groups in total. The second-order valence-electron chi connectivity index (χ2n) is 30.6. The molecule has 29 heteroatoms. The van der Waals surface area contributed by atoms with Gasteiger partial charge < -0.3 is 4.74 Å². The fourth-order valence-corrected chi connectivity index (χ4v) is 38.6. The fraction of sp³-hybridized carbons (Fsp3) is 0. The number of ether oxygens (including phenoxy) is 1. The summed E-state index contributed by atoms with van der Waals surface area (Å²) in [6.07, 6.45) is 0. The van der Waals surface area contributed by atoms with Crippen LogP contribution in [0.2, 0.25) is 0 Å². The van der Waals surface area contributed by atoms with Gasteiger partial charge in [0.15, 0.2) is 89.4 Å². The second-order valence-corrected chi connectivity index (χ2v) is 48.9. The van der Waals surface area contributed by atoms with Gasteiger partial charge in [-0.1, -0.05) is 109 Å². The molecule has 24 rings (SSSR count). The largest absolute Gasteiger partial charge is 0.447 e. The Kier molecular flexibility index (Phi) is 26.7. The van der Waals surface area contributed by atoms with Crippen LogP contribution < -0.4 is 4.74 Å². The van der Waals surface area contributed by atoms with E-state index in [-0.39, 0.29) is 54.5 Å². The van der Waals surface area contributed by atoms with Gasteiger partial charge in [-0.15, -0.1) is 0 Å². The summed E-state index contributed by atoms with van der Waals surface area (Å²) in [4.78, 5) is 14.0. The first kappa shape index (κ1) is 93.1. The molecule has 0 saturated carbocycles. The van der Waals surface area contributed by atoms with Gasteiger partial charge in [0.05, 0.1) is 21.6 Å². The van der Waals surface area contributed by atoms with Gasteiger partial charge in [0.25, 0.3) is 0 Å². The monoisotopic (exact) mass is 2020 g/mol. The molecule has 5 aliphatic heterocycles. The summed E-state index contributed by atoms with van der Waals surface area (Å²) in [5.41, 5.74) is 0. The van der Waals surface area contributed by atoms with E-state index in [1.54, 1.807) is 60.7 Å². The maximum absolute atomic E-state index is 13.8. The Balaban J connectivity index is 0.000000105. The molecule has 0 amide bonds. The summed E-state index contributed by atoms with van der Waals surface area (Å²) in [7, 11) is -14.6. The third-order valence-corrected chi connectivity index (χ3v) is 43.5. The highest BCUT2D eigenvalue weighted by Gasteiger charge is 2.50. The zero-order valence-electron chi connectivity index (χ0n) is 70.6. The lowest BCUT2D eigenvalue weighted by atomic mass is 10.1. The summed E-state index contributed by atoms with van der Waals surface area (Å²) in [6.45, 7) is 0. The van der Waals surface area contributed by atoms with E-state index in [1.807, 2.05) is 182 Å². The number of hydrogen-bond acceptors (Lipinski definition) is 7. The van der Waals surface area contributed by atoms with Gasteiger partial charge in [-0.25, -0.2) is 77.9 Å². The number of hydrogen-bond donors (Lipinski definition) is 0. The van der Waals surface area contributed by atoms with Crippen molar-refractivity contribution in [2.75, 3.05) is 0 Å². The molecule has 19 aromatic rings. The Labute approximate surface area is 801 Å². The van der Waals surface area contributed by atoms with Crippen molar-refractivity contribution in [3.8, 4) is 16.4 Å². The van der Waals surface area contributed by atoms with E-state index in [2.05, 4.69) is 0 Å². The Morgan fingerprint density at radius 1 is 0.197 bits per heavy atom. The van der Waals surface area contributed by atoms with Crippen LogP contribution in [0.5, 0.6) is 11.5 Å². The van der Waals surface area contributed by atoms with Gasteiger partial charge in [-0.05, 0) is 243 Å². The molecule has 18 aromatic carbocycles. The lowest BCUT2D eigenvalue weighted by Gasteiger charge is -2.19. The van der Waals surface area contributed by atoms with Crippen molar-refractivity contribution in [2.45, 2.75) is 113 Å². The van der Waals surface area contributed by atoms with Crippen LogP contribution in [0.3, 0.4) is 0 Å². The minimum Gasteiger partial charge on any atom is -0.447 e. The quantitative estimate of drug-likeness (QED) is 0.0926. The first-order chi connectivity index (χ1) is 66.2. The van der Waals surface area contributed by atoms with Crippen molar-refractivity contribution in [3.05, 3.63) is 470 Å². The van der Waals surface area contributed by atoms with Gasteiger partial charge in [-0.3, -0.25) is 0 Å². The molecule has 0 unspecified atom stereocenters. The molecule has 0 radical (unpaired) electrons. The average Bonchev–Trinajstić information content (AvgIpc) is 1.60. The Morgan fingerprint density at radius 3 is 0.803 bits per heavy atom. The third kappa shape index (κ3) is 18.6. The van der Waals surface area contributed by atoms with Crippen molar-refractivity contribution < 1.29 is 82.7 Å². The normalized spacial score (nSPS) is 15.7. The van der Waals surface area contributed by atoms with Crippen LogP contribution in [-0.2, 0) is 95.7 Å². The van der Waals surface area contributed by atoms with Crippen LogP contribution in [-0.4, -0.2) is 25.3 Å². The highest BCUT2D eigenvalue weighted by Crippen LogP contribution is 2.53. The molecule has 7 nitrogen and oxygen atoms in total. The number of rotatable bonds is 6. The summed E-state index contributed by atoms with van der Waals surface area (Å²) in [5, 5.41) is 2.00. The molecule has 0 aliphatic carbocycles. The molecule has 0 saturated heterocycles. The maximum atomic E-state index is 13.8. The molecular weight excluding hydrogens is 1960 g/mol. The van der Waals surface area contributed by atoms with E-state index >= 15 is 0 Å². The van der Waals surface area contributed by atoms with Crippen LogP contribution in [0.25, 0.3) is 25.1 Å². The van der Waals surface area contributed by atoms with Crippen molar-refractivity contribution >= 4 is 126 Å². The Morgan fingerprint density at radius 2 is 0.438 bits per heavy atom. The van der Waals surface area contributed by atoms with E-state index < -0.39 is 141 Å². The van der Waals surface area contributed by atoms with E-state index in [4.69, 9.17) is 4.74 Å². The van der Waals surface area contributed by atoms with Crippen molar-refractivity contribution in [1.29, 1.82) is 0 Å². The minimum absolute atomic E-state index is 0.0789. The first-order valence-corrected chi connectivity index (χ1v) is 54.2. The number of halogens is 12. The molecule has 1 aromatic heterocycles. The summed E-state index contributed by atoms with van der Waals surface area (Å²) >= 11 is 0. The standard InChI is InChI=1S/2C18H11F2O2S2.2C18H11F2OS2.C18H11F2OS.C18H11F2S/c19-12-6-8-17-15(10-12)23(14-4-2-1-3-5-14)16-11-13(20)7-9-18(16)24(17,21)22;19-12-6-8-15-17(10-12)24(21,22)18-11-13(20)7-9-16(18)23(15)14-4-2-1-3-5-14;19-12-6-8-15-17(10-12)22(14-4-2-1-3-5-14)18-11-13(20)7-9-16(18)23(15)21;19-12-6-8-15-17(10-12)23(21)18-11-13(20)7-9-16(18)22(15)14-4-2-1-3-5-14;19-12-6-8-15-17(10-12)22(14-4-2-1-3-5-14)18-11-13(20)7-9-16(18)21-15;19-12-6-8-15-16-9-7-13(20)11-18(16)21(17(15)10-12)14-4-2-1-3-5-14/h2*1-11H;2*1-11H;1-11H;1-11H/q6*+1. The third-order valence-electron chi connectivity index (χ3n) is 21.9. The lowest BCUT2D eigenvalue weighted by Crippen LogP contribution is -2.20. The summed E-state index contributed by atoms with van der Waals surface area (Å²) in [6, 6.07) is 108. The van der Waals surface area contributed by atoms with Crippen LogP contribution >= 0.6 is 10.5 Å². The first-order valence-electron chi connectivity index (χ1n) is 41.6. The van der Waals surface area contributed by atoms with Crippen LogP contribution in [0.4, 0.5) is 52.7 Å². The molecule has 0 bridgehead atoms. The predicted octanol–water partition coefficient (Wildman–Crippen LogP) is 28.7. The van der Waals surface area contributed by atoms with Crippen LogP contribution in [0, 0.1) is 69.8 Å². The topological polar surface area (TPSA) is 112 Å². The molecule has 5 aliphatic rings. The number of thiophene rings is 1. The molecule has 0 fully saturated rings. The summed E-state index contributed by atoms with van der Waals surface area (Å²) in [5.74, 6) is -3.85. The van der Waals surface area contributed by atoms with Crippen molar-refractivity contribution in [2.24, 2.45) is 0 Å². The van der Waals surface area contributed by atoms with E-state index in [0.29, 0.717) is 60.5 Å². The minimum atomic E-state index is -3.96. The fourth-order valence-electron chi connectivity index (χ4n) is 16.0. The van der Waals surface area contributed by atoms with E-state index in [9.17, 15) is 77.9 Å². The zero-order valence-corrected chi connectivity index (χ0v) is 78.7. The second kappa shape index (κ2) is 39.3. The number of sulfone groups is 2. The average molecular weight is 2020 g/mol. The molecule has 6 heterocycles. The van der Waals surface area contributed by atoms with Crippen LogP contribution in [0.1, 0.15) is 0 Å². The Bertz CT molecular complexity index is 7890. The Hall–Kier alpha value is -12.9. The zero-order chi connectivity index (χ0) is 95.2. The van der Waals surface area contributed by atoms with Gasteiger partial charge in [0, 0.05) is 69.8 Å². The number of fused-ring (bicyclic) bond motifs is 13. The molecule has 678 valence electrons. The highest BCUT2D eigenvalue weighted by atomic mass is 32.2. The van der Waals surface area contributed by atoms with Gasteiger partial charge in [-0.2, -0.15) is 0 Å². The van der Waals surface area contributed by atoms with Gasteiger partial charge in [0.1, 0.15) is 163 Å². The maximum Gasteiger partial charge on any atom is 0.216 e. The van der Waals surface area contributed by atoms with Crippen LogP contribution in [0.15, 0.2) is 513 Å². The smallest absolute Gasteiger partial charge is 0.216 e. The summed E-state index contributed by atoms with van der Waals surface area (Å²) < 4.78 is 249. The van der Waals surface area contributed by atoms with Crippen molar-refractivity contribution in [1.82, 2.24) is 0 Å². The van der Waals surface area contributed by atoms with E-state index in [0.717, 1.165) is 93.4 Å². The highest BCUT2D eigenvalue weighted by molar-refractivity contribution is 8.02. The molecule has 137 heavy (non-hydrogen) atoms. The SMILES string of the molecule is Fc1ccc2c(c1)[S+](c1ccccc1)c1cc(F)ccc1O2.Fc1ccc2c3ccc(F)cc3[s+](-c3ccccc3)c2c1.O=S1(=O)c2cc(F)ccc2[S+](c2ccccc2)c2ccc(F)cc21.O=S1(=O)c2ccc(F)cc2[S+](c2ccccc2)c2cc(F)ccc21.O=S1c2cc(F)ccc2[S+](c2ccccc2)c2ccc(F)cc21.O=S1c2ccc(F)cc2[S+](c2ccccc2)c2cc(F)ccc21. The predicted molar refractivity (Wildman–Crippen MR) is 513 cm³/mol. The van der Waals surface area contributed by atoms with Gasteiger partial charge >= 0.3 is 0 Å².